The summed E-state index contributed by atoms with van der Waals surface area (Å²) in [5.74, 6) is -0.113. The lowest BCUT2D eigenvalue weighted by Crippen LogP contribution is -2.31. The second-order valence-electron chi connectivity index (χ2n) is 3.34. The van der Waals surface area contributed by atoms with Crippen molar-refractivity contribution in [3.63, 3.8) is 0 Å². The van der Waals surface area contributed by atoms with Gasteiger partial charge in [0.1, 0.15) is 5.75 Å². The lowest BCUT2D eigenvalue weighted by Gasteiger charge is -2.25. The summed E-state index contributed by atoms with van der Waals surface area (Å²) in [5.41, 5.74) is 0. The monoisotopic (exact) mass is 225 g/mol. The first-order valence-electron chi connectivity index (χ1n) is 4.79. The Bertz CT molecular complexity index is 155. The third-order valence-corrected chi connectivity index (χ3v) is 1.92. The number of nitrogens with one attached hydrogen (secondary N) is 1. The molecule has 0 aliphatic rings. The van der Waals surface area contributed by atoms with Gasteiger partial charge in [0.15, 0.2) is 0 Å². The van der Waals surface area contributed by atoms with E-state index in [0.29, 0.717) is 12.5 Å². The second-order valence-corrected chi connectivity index (χ2v) is 5.61. The van der Waals surface area contributed by atoms with Crippen LogP contribution in [0.3, 0.4) is 0 Å². The molecule has 0 spiro atoms. The van der Waals surface area contributed by atoms with Crippen LogP contribution < -0.4 is 5.32 Å². The predicted octanol–water partition coefficient (Wildman–Crippen LogP) is 2.17. The first-order valence-corrected chi connectivity index (χ1v) is 6.91. The summed E-state index contributed by atoms with van der Waals surface area (Å²) in [6, 6.07) is 0. The van der Waals surface area contributed by atoms with E-state index in [0.717, 1.165) is 0 Å². The van der Waals surface area contributed by atoms with Crippen LogP contribution in [0.2, 0.25) is 0 Å². The van der Waals surface area contributed by atoms with Gasteiger partial charge in [-0.2, -0.15) is 10.6 Å². The van der Waals surface area contributed by atoms with E-state index in [2.05, 4.69) is 5.32 Å². The fourth-order valence-electron chi connectivity index (χ4n) is 0.617. The zero-order valence-electron chi connectivity index (χ0n) is 9.70. The molecule has 5 heteroatoms. The van der Waals surface area contributed by atoms with Gasteiger partial charge in [-0.25, -0.2) is 0 Å². The summed E-state index contributed by atoms with van der Waals surface area (Å²) in [5, 5.41) is 2.60. The van der Waals surface area contributed by atoms with E-state index < -0.39 is 10.6 Å². The summed E-state index contributed by atoms with van der Waals surface area (Å²) < 4.78 is 17.9. The Balaban J connectivity index is 0. The molecule has 0 saturated carbocycles. The minimum absolute atomic E-state index is 0.195. The largest absolute Gasteiger partial charge is 0.354 e. The highest BCUT2D eigenvalue weighted by molar-refractivity contribution is 8.24. The molecule has 14 heavy (non-hydrogen) atoms. The number of hydrogen-bond acceptors (Lipinski definition) is 3. The van der Waals surface area contributed by atoms with Crippen molar-refractivity contribution in [2.24, 2.45) is 5.92 Å². The highest BCUT2D eigenvalue weighted by atomic mass is 32.3. The molecule has 3 N–H and O–H groups in total. The number of amides is 1. The van der Waals surface area contributed by atoms with Gasteiger partial charge in [-0.3, -0.25) is 13.9 Å². The van der Waals surface area contributed by atoms with Gasteiger partial charge in [0, 0.05) is 12.8 Å². The molecule has 0 bridgehead atoms. The highest BCUT2D eigenvalue weighted by Gasteiger charge is 2.11. The highest BCUT2D eigenvalue weighted by Crippen LogP contribution is 2.31. The zero-order valence-corrected chi connectivity index (χ0v) is 10.5. The van der Waals surface area contributed by atoms with Gasteiger partial charge >= 0.3 is 0 Å². The maximum absolute atomic E-state index is 11.0. The standard InChI is InChI=1S/C7H17NO3S.C2H6/c1-6(2)4-8-7(9)5-12(3,10)11;1-2/h6,10-11H,4-5H2,1-3H3,(H,8,9);1-2H3. The average molecular weight is 225 g/mol. The Morgan fingerprint density at radius 2 is 1.79 bits per heavy atom. The van der Waals surface area contributed by atoms with Crippen molar-refractivity contribution in [1.82, 2.24) is 5.32 Å². The van der Waals surface area contributed by atoms with Crippen molar-refractivity contribution in [1.29, 1.82) is 0 Å². The number of rotatable bonds is 4. The molecule has 0 aromatic heterocycles. The average Bonchev–Trinajstić information content (AvgIpc) is 2.02. The van der Waals surface area contributed by atoms with E-state index in [1.807, 2.05) is 27.7 Å². The molecule has 1 amide bonds. The lowest BCUT2D eigenvalue weighted by molar-refractivity contribution is -0.118. The van der Waals surface area contributed by atoms with Crippen LogP contribution in [0, 0.1) is 5.92 Å². The molecule has 0 heterocycles. The minimum atomic E-state index is -2.68. The first-order chi connectivity index (χ1) is 6.31. The Kier molecular flexibility index (Phi) is 9.34. The Labute approximate surface area is 88.4 Å². The van der Waals surface area contributed by atoms with Crippen molar-refractivity contribution < 1.29 is 13.9 Å². The molecule has 4 nitrogen and oxygen atoms in total. The SMILES string of the molecule is CC.CC(C)CNC(=O)CS(C)(O)O. The quantitative estimate of drug-likeness (QED) is 0.686. The van der Waals surface area contributed by atoms with Crippen molar-refractivity contribution in [2.45, 2.75) is 27.7 Å². The molecule has 0 aliphatic heterocycles. The fraction of sp³-hybridized carbons (Fsp3) is 0.889. The second kappa shape index (κ2) is 8.08. The Morgan fingerprint density at radius 1 is 1.36 bits per heavy atom. The summed E-state index contributed by atoms with van der Waals surface area (Å²) in [7, 11) is -2.68. The third kappa shape index (κ3) is 14.3. The molecule has 0 atom stereocenters. The molecule has 0 rings (SSSR count). The maximum Gasteiger partial charge on any atom is 0.239 e. The molecule has 0 fully saturated rings. The van der Waals surface area contributed by atoms with Crippen LogP contribution in [0.4, 0.5) is 0 Å². The molecular weight excluding hydrogens is 202 g/mol. The first kappa shape index (κ1) is 16.2. The molecule has 0 radical (unpaired) electrons. The van der Waals surface area contributed by atoms with Crippen LogP contribution in [0.15, 0.2) is 0 Å². The van der Waals surface area contributed by atoms with Crippen LogP contribution in [0.5, 0.6) is 0 Å². The van der Waals surface area contributed by atoms with Crippen molar-refractivity contribution in [3.05, 3.63) is 0 Å². The smallest absolute Gasteiger partial charge is 0.239 e. The van der Waals surface area contributed by atoms with E-state index >= 15 is 0 Å². The lowest BCUT2D eigenvalue weighted by atomic mass is 10.2. The van der Waals surface area contributed by atoms with Crippen LogP contribution in [-0.2, 0) is 4.79 Å². The summed E-state index contributed by atoms with van der Waals surface area (Å²) in [6.07, 6.45) is 1.27. The van der Waals surface area contributed by atoms with Gasteiger partial charge in [-0.15, -0.1) is 0 Å². The molecule has 0 saturated heterocycles. The summed E-state index contributed by atoms with van der Waals surface area (Å²) in [4.78, 5) is 11.0. The zero-order chi connectivity index (χ0) is 11.8. The van der Waals surface area contributed by atoms with Gasteiger partial charge in [-0.05, 0) is 5.92 Å². The van der Waals surface area contributed by atoms with Crippen molar-refractivity contribution >= 4 is 16.5 Å². The van der Waals surface area contributed by atoms with E-state index in [1.165, 1.54) is 6.26 Å². The topological polar surface area (TPSA) is 69.6 Å². The fourth-order valence-corrected chi connectivity index (χ4v) is 1.22. The van der Waals surface area contributed by atoms with E-state index in [4.69, 9.17) is 9.11 Å². The summed E-state index contributed by atoms with van der Waals surface area (Å²) >= 11 is 0. The number of hydrogen-bond donors (Lipinski definition) is 3. The predicted molar refractivity (Wildman–Crippen MR) is 62.8 cm³/mol. The minimum Gasteiger partial charge on any atom is -0.354 e. The Morgan fingerprint density at radius 3 is 2.07 bits per heavy atom. The van der Waals surface area contributed by atoms with Gasteiger partial charge in [-0.1, -0.05) is 27.7 Å². The van der Waals surface area contributed by atoms with Crippen molar-refractivity contribution in [2.75, 3.05) is 18.6 Å². The molecule has 0 aliphatic carbocycles. The van der Waals surface area contributed by atoms with Crippen molar-refractivity contribution in [3.8, 4) is 0 Å². The van der Waals surface area contributed by atoms with E-state index in [9.17, 15) is 4.79 Å². The van der Waals surface area contributed by atoms with Gasteiger partial charge in [0.05, 0.1) is 0 Å². The molecule has 0 aromatic rings. The molecule has 88 valence electrons. The normalized spacial score (nSPS) is 11.7. The van der Waals surface area contributed by atoms with Crippen LogP contribution in [0.1, 0.15) is 27.7 Å². The van der Waals surface area contributed by atoms with E-state index in [1.54, 1.807) is 0 Å². The van der Waals surface area contributed by atoms with Crippen LogP contribution >= 0.6 is 10.6 Å². The summed E-state index contributed by atoms with van der Waals surface area (Å²) in [6.45, 7) is 8.53. The third-order valence-electron chi connectivity index (χ3n) is 1.11. The number of carbonyl (C=O) groups excluding carboxylic acids is 1. The molecule has 0 unspecified atom stereocenters. The number of carbonyl (C=O) groups is 1. The van der Waals surface area contributed by atoms with Crippen LogP contribution in [0.25, 0.3) is 0 Å². The molecule has 0 aromatic carbocycles. The van der Waals surface area contributed by atoms with Gasteiger partial charge < -0.3 is 5.32 Å². The van der Waals surface area contributed by atoms with Gasteiger partial charge in [0.2, 0.25) is 5.91 Å². The van der Waals surface area contributed by atoms with E-state index in [-0.39, 0.29) is 11.7 Å². The Hall–Kier alpha value is -0.260. The molecular formula is C9H23NO3S. The van der Waals surface area contributed by atoms with Crippen LogP contribution in [-0.4, -0.2) is 33.6 Å². The van der Waals surface area contributed by atoms with Gasteiger partial charge in [0.25, 0.3) is 0 Å². The maximum atomic E-state index is 11.0.